The van der Waals surface area contributed by atoms with Gasteiger partial charge >= 0.3 is 0 Å². The van der Waals surface area contributed by atoms with Crippen LogP contribution < -0.4 is 14.4 Å². The van der Waals surface area contributed by atoms with E-state index in [2.05, 4.69) is 29.2 Å². The van der Waals surface area contributed by atoms with Gasteiger partial charge in [-0.3, -0.25) is 0 Å². The van der Waals surface area contributed by atoms with Gasteiger partial charge in [-0.25, -0.2) is 0 Å². The molecule has 1 saturated heterocycles. The van der Waals surface area contributed by atoms with Crippen LogP contribution in [0, 0.1) is 0 Å². The normalized spacial score (nSPS) is 17.6. The standard InChI is InChI=1S/C19H23NO3/c1-21-17-10-6-15(7-11-17)20(19-5-3-4-14-23-19)16-8-12-18(22-2)13-9-16/h6-13,19H,3-5,14H2,1-2H3. The first-order chi connectivity index (χ1) is 11.3. The van der Waals surface area contributed by atoms with Gasteiger partial charge in [0, 0.05) is 18.0 Å². The number of hydrogen-bond donors (Lipinski definition) is 0. The SMILES string of the molecule is COc1ccc(N(c2ccc(OC)cc2)C2CCCCO2)cc1. The van der Waals surface area contributed by atoms with Crippen LogP contribution in [0.5, 0.6) is 11.5 Å². The molecule has 1 unspecified atom stereocenters. The van der Waals surface area contributed by atoms with Gasteiger partial charge in [-0.1, -0.05) is 0 Å². The second kappa shape index (κ2) is 7.38. The number of nitrogens with zero attached hydrogens (tertiary/aromatic N) is 1. The zero-order valence-electron chi connectivity index (χ0n) is 13.7. The molecule has 0 aliphatic carbocycles. The van der Waals surface area contributed by atoms with E-state index in [0.717, 1.165) is 42.3 Å². The maximum Gasteiger partial charge on any atom is 0.134 e. The second-order valence-corrected chi connectivity index (χ2v) is 5.59. The molecule has 1 aliphatic rings. The summed E-state index contributed by atoms with van der Waals surface area (Å²) in [6, 6.07) is 16.2. The number of ether oxygens (including phenoxy) is 3. The fraction of sp³-hybridized carbons (Fsp3) is 0.368. The molecule has 4 heteroatoms. The largest absolute Gasteiger partial charge is 0.497 e. The predicted molar refractivity (Wildman–Crippen MR) is 91.7 cm³/mol. The van der Waals surface area contributed by atoms with Crippen molar-refractivity contribution in [3.8, 4) is 11.5 Å². The van der Waals surface area contributed by atoms with Crippen LogP contribution in [0.2, 0.25) is 0 Å². The summed E-state index contributed by atoms with van der Waals surface area (Å²) in [5.74, 6) is 1.71. The van der Waals surface area contributed by atoms with Crippen LogP contribution >= 0.6 is 0 Å². The van der Waals surface area contributed by atoms with Crippen LogP contribution in [0.1, 0.15) is 19.3 Å². The zero-order chi connectivity index (χ0) is 16.1. The molecule has 0 N–H and O–H groups in total. The van der Waals surface area contributed by atoms with Crippen molar-refractivity contribution >= 4 is 11.4 Å². The Morgan fingerprint density at radius 2 is 1.35 bits per heavy atom. The average molecular weight is 313 g/mol. The Labute approximate surface area is 137 Å². The first kappa shape index (κ1) is 15.7. The van der Waals surface area contributed by atoms with Crippen molar-refractivity contribution in [1.29, 1.82) is 0 Å². The average Bonchev–Trinajstić information content (AvgIpc) is 2.64. The summed E-state index contributed by atoms with van der Waals surface area (Å²) in [5, 5.41) is 0. The highest BCUT2D eigenvalue weighted by Crippen LogP contribution is 2.33. The molecule has 1 aliphatic heterocycles. The molecular weight excluding hydrogens is 290 g/mol. The number of rotatable bonds is 5. The van der Waals surface area contributed by atoms with Crippen LogP contribution in [-0.2, 0) is 4.74 Å². The lowest BCUT2D eigenvalue weighted by Gasteiger charge is -2.36. The van der Waals surface area contributed by atoms with Crippen molar-refractivity contribution in [3.63, 3.8) is 0 Å². The highest BCUT2D eigenvalue weighted by Gasteiger charge is 2.23. The molecule has 1 fully saturated rings. The lowest BCUT2D eigenvalue weighted by atomic mass is 10.1. The molecule has 0 bridgehead atoms. The van der Waals surface area contributed by atoms with Crippen molar-refractivity contribution in [1.82, 2.24) is 0 Å². The summed E-state index contributed by atoms with van der Waals surface area (Å²) in [5.41, 5.74) is 2.20. The minimum atomic E-state index is 0.0607. The highest BCUT2D eigenvalue weighted by atomic mass is 16.5. The molecule has 2 aromatic carbocycles. The number of hydrogen-bond acceptors (Lipinski definition) is 4. The van der Waals surface area contributed by atoms with Crippen LogP contribution in [0.3, 0.4) is 0 Å². The Morgan fingerprint density at radius 1 is 0.826 bits per heavy atom. The zero-order valence-corrected chi connectivity index (χ0v) is 13.7. The van der Waals surface area contributed by atoms with Gasteiger partial charge in [-0.15, -0.1) is 0 Å². The third kappa shape index (κ3) is 3.59. The molecule has 0 saturated carbocycles. The van der Waals surface area contributed by atoms with Gasteiger partial charge in [0.1, 0.15) is 17.7 Å². The van der Waals surface area contributed by atoms with Gasteiger partial charge in [-0.05, 0) is 67.8 Å². The van der Waals surface area contributed by atoms with E-state index in [9.17, 15) is 0 Å². The lowest BCUT2D eigenvalue weighted by molar-refractivity contribution is 0.0208. The van der Waals surface area contributed by atoms with Crippen molar-refractivity contribution < 1.29 is 14.2 Å². The van der Waals surface area contributed by atoms with E-state index in [1.807, 2.05) is 24.3 Å². The molecule has 4 nitrogen and oxygen atoms in total. The van der Waals surface area contributed by atoms with Gasteiger partial charge in [0.05, 0.1) is 14.2 Å². The first-order valence-corrected chi connectivity index (χ1v) is 8.01. The Hall–Kier alpha value is -2.20. The fourth-order valence-corrected chi connectivity index (χ4v) is 2.89. The molecule has 1 heterocycles. The monoisotopic (exact) mass is 313 g/mol. The molecule has 0 amide bonds. The highest BCUT2D eigenvalue weighted by molar-refractivity contribution is 5.65. The quantitative estimate of drug-likeness (QED) is 0.820. The summed E-state index contributed by atoms with van der Waals surface area (Å²) in [6.07, 6.45) is 3.41. The number of methoxy groups -OCH3 is 2. The van der Waals surface area contributed by atoms with Gasteiger partial charge in [0.15, 0.2) is 0 Å². The summed E-state index contributed by atoms with van der Waals surface area (Å²) in [4.78, 5) is 2.25. The van der Waals surface area contributed by atoms with Crippen LogP contribution in [0.15, 0.2) is 48.5 Å². The van der Waals surface area contributed by atoms with E-state index in [1.54, 1.807) is 14.2 Å². The van der Waals surface area contributed by atoms with E-state index in [1.165, 1.54) is 6.42 Å². The molecular formula is C19H23NO3. The molecule has 2 aromatic rings. The maximum absolute atomic E-state index is 6.03. The molecule has 0 aromatic heterocycles. The van der Waals surface area contributed by atoms with Crippen molar-refractivity contribution in [2.45, 2.75) is 25.5 Å². The smallest absolute Gasteiger partial charge is 0.134 e. The Morgan fingerprint density at radius 3 is 1.74 bits per heavy atom. The Balaban J connectivity index is 1.93. The van der Waals surface area contributed by atoms with Gasteiger partial charge in [0.25, 0.3) is 0 Å². The molecule has 23 heavy (non-hydrogen) atoms. The van der Waals surface area contributed by atoms with E-state index < -0.39 is 0 Å². The van der Waals surface area contributed by atoms with Crippen molar-refractivity contribution in [2.75, 3.05) is 25.7 Å². The van der Waals surface area contributed by atoms with Gasteiger partial charge in [-0.2, -0.15) is 0 Å². The minimum Gasteiger partial charge on any atom is -0.497 e. The van der Waals surface area contributed by atoms with E-state index in [-0.39, 0.29) is 6.23 Å². The summed E-state index contributed by atoms with van der Waals surface area (Å²) in [6.45, 7) is 0.813. The lowest BCUT2D eigenvalue weighted by Crippen LogP contribution is -2.36. The third-order valence-electron chi connectivity index (χ3n) is 4.14. The molecule has 0 spiro atoms. The molecule has 122 valence electrons. The Kier molecular flexibility index (Phi) is 5.03. The number of anilines is 2. The van der Waals surface area contributed by atoms with Crippen LogP contribution in [0.25, 0.3) is 0 Å². The maximum atomic E-state index is 6.03. The van der Waals surface area contributed by atoms with Crippen molar-refractivity contribution in [2.24, 2.45) is 0 Å². The van der Waals surface area contributed by atoms with Gasteiger partial charge in [0.2, 0.25) is 0 Å². The van der Waals surface area contributed by atoms with E-state index in [4.69, 9.17) is 14.2 Å². The van der Waals surface area contributed by atoms with Gasteiger partial charge < -0.3 is 19.1 Å². The van der Waals surface area contributed by atoms with Crippen LogP contribution in [-0.4, -0.2) is 27.1 Å². The fourth-order valence-electron chi connectivity index (χ4n) is 2.89. The first-order valence-electron chi connectivity index (χ1n) is 8.01. The number of benzene rings is 2. The second-order valence-electron chi connectivity index (χ2n) is 5.59. The summed E-state index contributed by atoms with van der Waals surface area (Å²) in [7, 11) is 3.36. The predicted octanol–water partition coefficient (Wildman–Crippen LogP) is 4.37. The van der Waals surface area contributed by atoms with E-state index >= 15 is 0 Å². The van der Waals surface area contributed by atoms with Crippen LogP contribution in [0.4, 0.5) is 11.4 Å². The molecule has 3 rings (SSSR count). The topological polar surface area (TPSA) is 30.9 Å². The molecule has 1 atom stereocenters. The third-order valence-corrected chi connectivity index (χ3v) is 4.14. The molecule has 0 radical (unpaired) electrons. The van der Waals surface area contributed by atoms with Crippen molar-refractivity contribution in [3.05, 3.63) is 48.5 Å². The summed E-state index contributed by atoms with van der Waals surface area (Å²) < 4.78 is 16.6. The minimum absolute atomic E-state index is 0.0607. The Bertz CT molecular complexity index is 556. The van der Waals surface area contributed by atoms with E-state index in [0.29, 0.717) is 0 Å². The summed E-state index contributed by atoms with van der Waals surface area (Å²) >= 11 is 0.